The summed E-state index contributed by atoms with van der Waals surface area (Å²) in [6, 6.07) is 0. The summed E-state index contributed by atoms with van der Waals surface area (Å²) in [4.78, 5) is 23.3. The van der Waals surface area contributed by atoms with Gasteiger partial charge in [-0.1, -0.05) is 11.1 Å². The molecule has 1 N–H and O–H groups in total. The smallest absolute Gasteiger partial charge is 0.255 e. The zero-order valence-corrected chi connectivity index (χ0v) is 10.1. The molecule has 3 nitrogen and oxygen atoms in total. The minimum atomic E-state index is -0.292. The topological polar surface area (TPSA) is 46.2 Å². The van der Waals surface area contributed by atoms with Gasteiger partial charge in [-0.25, -0.2) is 0 Å². The van der Waals surface area contributed by atoms with Gasteiger partial charge < -0.3 is 5.32 Å². The Labute approximate surface area is 91.2 Å². The fourth-order valence-corrected chi connectivity index (χ4v) is 1.17. The van der Waals surface area contributed by atoms with Gasteiger partial charge in [0, 0.05) is 6.54 Å². The summed E-state index contributed by atoms with van der Waals surface area (Å²) in [5.41, 5.74) is 1.88. The average Bonchev–Trinajstić information content (AvgIpc) is 2.01. The van der Waals surface area contributed by atoms with Gasteiger partial charge in [-0.2, -0.15) is 0 Å². The standard InChI is InChI=1S/C12H19NO2/c1-6-13-12(15)11(9(4)5)10(14)7-8(2)3/h7H,6H2,1-5H3,(H,13,15). The first-order valence-corrected chi connectivity index (χ1v) is 5.05. The lowest BCUT2D eigenvalue weighted by Crippen LogP contribution is -2.28. The highest BCUT2D eigenvalue weighted by Gasteiger charge is 2.16. The maximum absolute atomic E-state index is 11.7. The van der Waals surface area contributed by atoms with Crippen molar-refractivity contribution in [1.82, 2.24) is 5.32 Å². The van der Waals surface area contributed by atoms with Crippen LogP contribution in [0.4, 0.5) is 0 Å². The monoisotopic (exact) mass is 209 g/mol. The third-order valence-electron chi connectivity index (χ3n) is 1.73. The number of nitrogens with one attached hydrogen (secondary N) is 1. The Bertz CT molecular complexity index is 317. The Morgan fingerprint density at radius 3 is 2.00 bits per heavy atom. The molecule has 0 spiro atoms. The number of carbonyl (C=O) groups excluding carboxylic acids is 2. The first kappa shape index (κ1) is 13.6. The van der Waals surface area contributed by atoms with E-state index in [-0.39, 0.29) is 17.3 Å². The molecule has 15 heavy (non-hydrogen) atoms. The largest absolute Gasteiger partial charge is 0.352 e. The van der Waals surface area contributed by atoms with Gasteiger partial charge >= 0.3 is 0 Å². The second-order valence-electron chi connectivity index (χ2n) is 3.82. The van der Waals surface area contributed by atoms with Crippen molar-refractivity contribution in [2.75, 3.05) is 6.54 Å². The zero-order valence-electron chi connectivity index (χ0n) is 10.1. The Morgan fingerprint density at radius 1 is 1.13 bits per heavy atom. The van der Waals surface area contributed by atoms with Crippen LogP contribution in [0.15, 0.2) is 22.8 Å². The van der Waals surface area contributed by atoms with E-state index in [0.717, 1.165) is 11.1 Å². The molecule has 0 aliphatic carbocycles. The van der Waals surface area contributed by atoms with Crippen molar-refractivity contribution in [3.8, 4) is 0 Å². The first-order valence-electron chi connectivity index (χ1n) is 5.05. The molecule has 3 heteroatoms. The van der Waals surface area contributed by atoms with E-state index in [2.05, 4.69) is 5.32 Å². The number of hydrogen-bond acceptors (Lipinski definition) is 2. The summed E-state index contributed by atoms with van der Waals surface area (Å²) >= 11 is 0. The van der Waals surface area contributed by atoms with E-state index in [9.17, 15) is 9.59 Å². The number of ketones is 1. The molecule has 0 aliphatic rings. The van der Waals surface area contributed by atoms with E-state index in [4.69, 9.17) is 0 Å². The number of amides is 1. The molecule has 0 heterocycles. The van der Waals surface area contributed by atoms with Crippen molar-refractivity contribution in [2.45, 2.75) is 34.6 Å². The maximum Gasteiger partial charge on any atom is 0.255 e. The number of rotatable bonds is 4. The number of hydrogen-bond donors (Lipinski definition) is 1. The minimum absolute atomic E-state index is 0.221. The lowest BCUT2D eigenvalue weighted by molar-refractivity contribution is -0.120. The molecule has 0 aromatic rings. The second-order valence-corrected chi connectivity index (χ2v) is 3.82. The van der Waals surface area contributed by atoms with E-state index in [0.29, 0.717) is 6.54 Å². The number of carbonyl (C=O) groups is 2. The quantitative estimate of drug-likeness (QED) is 0.437. The van der Waals surface area contributed by atoms with Crippen molar-refractivity contribution < 1.29 is 9.59 Å². The number of allylic oxidation sites excluding steroid dienone is 3. The van der Waals surface area contributed by atoms with Crippen LogP contribution < -0.4 is 5.32 Å². The predicted molar refractivity (Wildman–Crippen MR) is 61.5 cm³/mol. The van der Waals surface area contributed by atoms with E-state index in [1.165, 1.54) is 6.08 Å². The van der Waals surface area contributed by atoms with Crippen LogP contribution in [0.3, 0.4) is 0 Å². The summed E-state index contributed by atoms with van der Waals surface area (Å²) in [5.74, 6) is -0.513. The van der Waals surface area contributed by atoms with Gasteiger partial charge in [-0.3, -0.25) is 9.59 Å². The fourth-order valence-electron chi connectivity index (χ4n) is 1.17. The maximum atomic E-state index is 11.7. The van der Waals surface area contributed by atoms with Crippen LogP contribution in [0.5, 0.6) is 0 Å². The summed E-state index contributed by atoms with van der Waals surface area (Å²) in [6.45, 7) is 9.54. The van der Waals surface area contributed by atoms with Crippen molar-refractivity contribution >= 4 is 11.7 Å². The summed E-state index contributed by atoms with van der Waals surface area (Å²) < 4.78 is 0. The average molecular weight is 209 g/mol. The van der Waals surface area contributed by atoms with Gasteiger partial charge in [-0.15, -0.1) is 0 Å². The lowest BCUT2D eigenvalue weighted by atomic mass is 10.0. The van der Waals surface area contributed by atoms with E-state index < -0.39 is 0 Å². The van der Waals surface area contributed by atoms with Gasteiger partial charge in [0.15, 0.2) is 5.78 Å². The van der Waals surface area contributed by atoms with E-state index >= 15 is 0 Å². The second kappa shape index (κ2) is 6.17. The highest BCUT2D eigenvalue weighted by Crippen LogP contribution is 2.07. The Kier molecular flexibility index (Phi) is 5.60. The van der Waals surface area contributed by atoms with Crippen LogP contribution in [0.25, 0.3) is 0 Å². The highest BCUT2D eigenvalue weighted by molar-refractivity contribution is 6.23. The van der Waals surface area contributed by atoms with Crippen LogP contribution >= 0.6 is 0 Å². The van der Waals surface area contributed by atoms with Gasteiger partial charge in [-0.05, 0) is 40.7 Å². The molecule has 0 unspecified atom stereocenters. The summed E-state index contributed by atoms with van der Waals surface area (Å²) in [6.07, 6.45) is 1.48. The summed E-state index contributed by atoms with van der Waals surface area (Å²) in [7, 11) is 0. The third-order valence-corrected chi connectivity index (χ3v) is 1.73. The Hall–Kier alpha value is -1.38. The van der Waals surface area contributed by atoms with Gasteiger partial charge in [0.25, 0.3) is 5.91 Å². The molecule has 0 aliphatic heterocycles. The van der Waals surface area contributed by atoms with Crippen LogP contribution in [0, 0.1) is 0 Å². The molecule has 0 atom stereocenters. The Balaban J connectivity index is 5.03. The molecule has 0 aromatic heterocycles. The van der Waals surface area contributed by atoms with E-state index in [1.54, 1.807) is 13.8 Å². The molecule has 0 aromatic carbocycles. The lowest BCUT2D eigenvalue weighted by Gasteiger charge is -2.06. The van der Waals surface area contributed by atoms with E-state index in [1.807, 2.05) is 20.8 Å². The number of likely N-dealkylation sites (N-methyl/N-ethyl adjacent to an activating group) is 1. The molecule has 1 amide bonds. The molecule has 0 rings (SSSR count). The van der Waals surface area contributed by atoms with Crippen LogP contribution in [-0.2, 0) is 9.59 Å². The first-order chi connectivity index (χ1) is 6.90. The molecular weight excluding hydrogens is 190 g/mol. The highest BCUT2D eigenvalue weighted by atomic mass is 16.2. The SMILES string of the molecule is CCNC(=O)C(C(=O)C=C(C)C)=C(C)C. The normalized spacial score (nSPS) is 9.13. The molecule has 0 fully saturated rings. The predicted octanol–water partition coefficient (Wildman–Crippen LogP) is 1.99. The molecular formula is C12H19NO2. The van der Waals surface area contributed by atoms with Crippen molar-refractivity contribution in [3.63, 3.8) is 0 Å². The molecule has 0 saturated heterocycles. The van der Waals surface area contributed by atoms with Gasteiger partial charge in [0.05, 0.1) is 5.57 Å². The van der Waals surface area contributed by atoms with Crippen LogP contribution in [-0.4, -0.2) is 18.2 Å². The molecule has 0 saturated carbocycles. The van der Waals surface area contributed by atoms with Crippen LogP contribution in [0.2, 0.25) is 0 Å². The van der Waals surface area contributed by atoms with Crippen molar-refractivity contribution in [2.24, 2.45) is 0 Å². The molecule has 0 bridgehead atoms. The van der Waals surface area contributed by atoms with Crippen molar-refractivity contribution in [3.05, 3.63) is 22.8 Å². The third kappa shape index (κ3) is 4.58. The Morgan fingerprint density at radius 2 is 1.67 bits per heavy atom. The summed E-state index contributed by atoms with van der Waals surface area (Å²) in [5, 5.41) is 2.63. The van der Waals surface area contributed by atoms with Gasteiger partial charge in [0.1, 0.15) is 0 Å². The van der Waals surface area contributed by atoms with Crippen molar-refractivity contribution in [1.29, 1.82) is 0 Å². The molecule has 0 radical (unpaired) electrons. The molecule has 84 valence electrons. The van der Waals surface area contributed by atoms with Crippen LogP contribution in [0.1, 0.15) is 34.6 Å². The zero-order chi connectivity index (χ0) is 12.0. The van der Waals surface area contributed by atoms with Gasteiger partial charge in [0.2, 0.25) is 0 Å². The fraction of sp³-hybridized carbons (Fsp3) is 0.500. The minimum Gasteiger partial charge on any atom is -0.352 e.